The summed E-state index contributed by atoms with van der Waals surface area (Å²) in [5.41, 5.74) is 10.0. The molecule has 1 aliphatic heterocycles. The van der Waals surface area contributed by atoms with Crippen LogP contribution in [0.2, 0.25) is 0 Å². The molecule has 3 aromatic rings. The number of nitrogens with zero attached hydrogens (tertiary/aromatic N) is 3. The molecule has 34 heavy (non-hydrogen) atoms. The predicted molar refractivity (Wildman–Crippen MR) is 130 cm³/mol. The van der Waals surface area contributed by atoms with Gasteiger partial charge in [0.1, 0.15) is 11.7 Å². The molecule has 0 aromatic carbocycles. The lowest BCUT2D eigenvalue weighted by molar-refractivity contribution is 0.0234. The summed E-state index contributed by atoms with van der Waals surface area (Å²) in [7, 11) is 0. The number of rotatable bonds is 6. The van der Waals surface area contributed by atoms with Gasteiger partial charge in [0, 0.05) is 41.7 Å². The molecule has 3 atom stereocenters. The van der Waals surface area contributed by atoms with E-state index < -0.39 is 5.54 Å². The summed E-state index contributed by atoms with van der Waals surface area (Å²) < 4.78 is 11.6. The first kappa shape index (κ1) is 22.7. The van der Waals surface area contributed by atoms with Crippen LogP contribution in [0.5, 0.6) is 5.88 Å². The fraction of sp³-hybridized carbons (Fsp3) is 0.481. The Balaban J connectivity index is 1.55. The van der Waals surface area contributed by atoms with Crippen molar-refractivity contribution in [1.82, 2.24) is 15.0 Å². The van der Waals surface area contributed by atoms with Gasteiger partial charge in [0.2, 0.25) is 5.88 Å². The Kier molecular flexibility index (Phi) is 5.35. The lowest BCUT2D eigenvalue weighted by atomic mass is 9.88. The van der Waals surface area contributed by atoms with Crippen molar-refractivity contribution in [1.29, 1.82) is 0 Å². The van der Waals surface area contributed by atoms with E-state index in [-0.39, 0.29) is 23.6 Å². The van der Waals surface area contributed by atoms with E-state index in [2.05, 4.69) is 24.9 Å². The molecule has 0 amide bonds. The molecule has 0 saturated heterocycles. The molecule has 0 unspecified atom stereocenters. The molecule has 2 N–H and O–H groups in total. The summed E-state index contributed by atoms with van der Waals surface area (Å²) in [4.78, 5) is 26.4. The normalized spacial score (nSPS) is 22.6. The average molecular weight is 461 g/mol. The van der Waals surface area contributed by atoms with Crippen LogP contribution in [-0.4, -0.2) is 32.6 Å². The third-order valence-electron chi connectivity index (χ3n) is 7.43. The van der Waals surface area contributed by atoms with E-state index >= 15 is 0 Å². The van der Waals surface area contributed by atoms with Crippen molar-refractivity contribution in [3.63, 3.8) is 0 Å². The van der Waals surface area contributed by atoms with Gasteiger partial charge in [-0.3, -0.25) is 9.97 Å². The van der Waals surface area contributed by atoms with Crippen molar-refractivity contribution < 1.29 is 14.3 Å². The Morgan fingerprint density at radius 3 is 2.65 bits per heavy atom. The predicted octanol–water partition coefficient (Wildman–Crippen LogP) is 4.79. The van der Waals surface area contributed by atoms with E-state index in [9.17, 15) is 4.79 Å². The second-order valence-corrected chi connectivity index (χ2v) is 10.3. The number of fused-ring (bicyclic) bond motifs is 2. The first-order chi connectivity index (χ1) is 16.1. The van der Waals surface area contributed by atoms with Crippen LogP contribution in [0.15, 0.2) is 30.6 Å². The molecule has 0 radical (unpaired) electrons. The molecule has 0 bridgehead atoms. The lowest BCUT2D eigenvalue weighted by Crippen LogP contribution is -2.32. The zero-order chi connectivity index (χ0) is 24.3. The van der Waals surface area contributed by atoms with Gasteiger partial charge >= 0.3 is 5.97 Å². The first-order valence-corrected chi connectivity index (χ1v) is 12.1. The summed E-state index contributed by atoms with van der Waals surface area (Å²) in [5, 5.41) is 1.89. The molecular formula is C27H32N4O3. The molecule has 7 nitrogen and oxygen atoms in total. The summed E-state index contributed by atoms with van der Waals surface area (Å²) in [6, 6.07) is 5.77. The van der Waals surface area contributed by atoms with Crippen LogP contribution in [0.4, 0.5) is 0 Å². The highest BCUT2D eigenvalue weighted by Gasteiger charge is 2.41. The number of carbonyl (C=O) groups excluding carboxylic acids is 1. The third kappa shape index (κ3) is 4.02. The van der Waals surface area contributed by atoms with Crippen LogP contribution in [0.1, 0.15) is 92.8 Å². The van der Waals surface area contributed by atoms with E-state index in [1.54, 1.807) is 0 Å². The molecule has 1 aliphatic carbocycles. The molecule has 4 heterocycles. The summed E-state index contributed by atoms with van der Waals surface area (Å²) in [5.74, 6) is 0.345. The van der Waals surface area contributed by atoms with E-state index in [4.69, 9.17) is 25.2 Å². The standard InChI is InChI=1S/C27H32N4O3/c1-6-27(5,28)22-14-30-24(34-26(4)9-10-26)21-13-29-18(12-20(21)22)11-17-7-8-19-23(31-17)15(2)16(3)33-25(19)32/h7-8,12-16H,6,9-11,28H2,1-5H3/t15-,16-,27+/m0/s1. The third-order valence-corrected chi connectivity index (χ3v) is 7.43. The van der Waals surface area contributed by atoms with Gasteiger partial charge in [-0.2, -0.15) is 0 Å². The van der Waals surface area contributed by atoms with Gasteiger partial charge in [-0.1, -0.05) is 13.8 Å². The van der Waals surface area contributed by atoms with E-state index in [1.165, 1.54) is 0 Å². The Bertz CT molecular complexity index is 1280. The van der Waals surface area contributed by atoms with Crippen LogP contribution in [0, 0.1) is 0 Å². The smallest absolute Gasteiger partial charge is 0.340 e. The quantitative estimate of drug-likeness (QED) is 0.528. The van der Waals surface area contributed by atoms with Gasteiger partial charge in [-0.15, -0.1) is 0 Å². The topological polar surface area (TPSA) is 100 Å². The van der Waals surface area contributed by atoms with Gasteiger partial charge < -0.3 is 15.2 Å². The van der Waals surface area contributed by atoms with Crippen LogP contribution < -0.4 is 10.5 Å². The van der Waals surface area contributed by atoms with Crippen molar-refractivity contribution in [3.05, 3.63) is 58.8 Å². The summed E-state index contributed by atoms with van der Waals surface area (Å²) in [6.45, 7) is 10.1. The number of cyclic esters (lactones) is 1. The average Bonchev–Trinajstić information content (AvgIpc) is 3.54. The van der Waals surface area contributed by atoms with Gasteiger partial charge in [-0.25, -0.2) is 9.78 Å². The number of hydrogen-bond donors (Lipinski definition) is 1. The maximum absolute atomic E-state index is 12.2. The number of pyridine rings is 3. The van der Waals surface area contributed by atoms with E-state index in [0.29, 0.717) is 17.9 Å². The fourth-order valence-electron chi connectivity index (χ4n) is 4.37. The van der Waals surface area contributed by atoms with Crippen molar-refractivity contribution >= 4 is 16.7 Å². The Morgan fingerprint density at radius 2 is 1.94 bits per heavy atom. The largest absolute Gasteiger partial charge is 0.471 e. The molecule has 7 heteroatoms. The molecule has 0 spiro atoms. The number of esters is 1. The number of nitrogens with two attached hydrogens (primary N) is 1. The highest BCUT2D eigenvalue weighted by atomic mass is 16.5. The van der Waals surface area contributed by atoms with E-state index in [1.807, 2.05) is 45.3 Å². The van der Waals surface area contributed by atoms with Crippen LogP contribution in [-0.2, 0) is 16.7 Å². The number of aromatic nitrogens is 3. The second kappa shape index (κ2) is 8.01. The molecular weight excluding hydrogens is 428 g/mol. The maximum atomic E-state index is 12.2. The Morgan fingerprint density at radius 1 is 1.18 bits per heavy atom. The monoisotopic (exact) mass is 460 g/mol. The number of ether oxygens (including phenoxy) is 2. The second-order valence-electron chi connectivity index (χ2n) is 10.3. The van der Waals surface area contributed by atoms with Crippen LogP contribution in [0.3, 0.4) is 0 Å². The molecule has 5 rings (SSSR count). The van der Waals surface area contributed by atoms with Crippen molar-refractivity contribution in [3.8, 4) is 5.88 Å². The van der Waals surface area contributed by atoms with Gasteiger partial charge in [0.15, 0.2) is 0 Å². The zero-order valence-electron chi connectivity index (χ0n) is 20.5. The minimum Gasteiger partial charge on any atom is -0.471 e. The van der Waals surface area contributed by atoms with Crippen LogP contribution >= 0.6 is 0 Å². The Labute approximate surface area is 200 Å². The zero-order valence-corrected chi connectivity index (χ0v) is 20.5. The fourth-order valence-corrected chi connectivity index (χ4v) is 4.37. The maximum Gasteiger partial charge on any atom is 0.340 e. The lowest BCUT2D eigenvalue weighted by Gasteiger charge is -2.27. The van der Waals surface area contributed by atoms with Gasteiger partial charge in [0.05, 0.1) is 16.6 Å². The summed E-state index contributed by atoms with van der Waals surface area (Å²) in [6.07, 6.45) is 6.88. The first-order valence-electron chi connectivity index (χ1n) is 12.1. The minimum absolute atomic E-state index is 0.0425. The molecule has 2 aliphatic rings. The highest BCUT2D eigenvalue weighted by Crippen LogP contribution is 2.42. The molecule has 1 saturated carbocycles. The van der Waals surface area contributed by atoms with Crippen molar-refractivity contribution in [2.45, 2.75) is 83.5 Å². The van der Waals surface area contributed by atoms with Gasteiger partial charge in [0.25, 0.3) is 0 Å². The van der Waals surface area contributed by atoms with Crippen molar-refractivity contribution in [2.75, 3.05) is 0 Å². The number of hydrogen-bond acceptors (Lipinski definition) is 7. The molecule has 1 fully saturated rings. The van der Waals surface area contributed by atoms with Gasteiger partial charge in [-0.05, 0) is 69.2 Å². The molecule has 3 aromatic heterocycles. The number of carbonyl (C=O) groups is 1. The Hall–Kier alpha value is -3.06. The van der Waals surface area contributed by atoms with Crippen molar-refractivity contribution in [2.24, 2.45) is 5.73 Å². The highest BCUT2D eigenvalue weighted by molar-refractivity contribution is 5.92. The molecule has 178 valence electrons. The van der Waals surface area contributed by atoms with Crippen LogP contribution in [0.25, 0.3) is 10.8 Å². The summed E-state index contributed by atoms with van der Waals surface area (Å²) >= 11 is 0. The van der Waals surface area contributed by atoms with E-state index in [0.717, 1.165) is 52.7 Å². The SMILES string of the molecule is CC[C@@](C)(N)c1cnc(OC2(C)CC2)c2cnc(Cc3ccc4c(n3)[C@@H](C)[C@H](C)OC4=O)cc12. The minimum atomic E-state index is -0.526.